The van der Waals surface area contributed by atoms with Crippen molar-refractivity contribution in [2.45, 2.75) is 45.7 Å². The molecule has 3 rings (SSSR count). The zero-order chi connectivity index (χ0) is 9.54. The van der Waals surface area contributed by atoms with Crippen LogP contribution in [0.25, 0.3) is 0 Å². The average molecular weight is 225 g/mol. The smallest absolute Gasteiger partial charge is 0.0592 e. The number of nitrogens with one attached hydrogen (secondary N) is 1. The number of aromatic nitrogens is 1. The van der Waals surface area contributed by atoms with E-state index < -0.39 is 0 Å². The molecule has 0 fully saturated rings. The summed E-state index contributed by atoms with van der Waals surface area (Å²) in [4.78, 5) is 4.70. The summed E-state index contributed by atoms with van der Waals surface area (Å²) in [7, 11) is 0. The number of rotatable bonds is 0. The minimum Gasteiger partial charge on any atom is -0.307 e. The Bertz CT molecular complexity index is 384. The first kappa shape index (κ1) is 10.9. The van der Waals surface area contributed by atoms with Gasteiger partial charge in [0.2, 0.25) is 0 Å². The van der Waals surface area contributed by atoms with Crippen LogP contribution in [0, 0.1) is 6.92 Å². The van der Waals surface area contributed by atoms with Crippen LogP contribution in [0.5, 0.6) is 0 Å². The lowest BCUT2D eigenvalue weighted by Gasteiger charge is -2.20. The summed E-state index contributed by atoms with van der Waals surface area (Å²) in [6.45, 7) is 4.19. The van der Waals surface area contributed by atoms with Gasteiger partial charge < -0.3 is 5.32 Å². The van der Waals surface area contributed by atoms with Gasteiger partial charge in [0.1, 0.15) is 0 Å². The van der Waals surface area contributed by atoms with Crippen molar-refractivity contribution in [3.63, 3.8) is 0 Å². The van der Waals surface area contributed by atoms with E-state index in [1.807, 2.05) is 0 Å². The molecule has 1 N–H and O–H groups in total. The molecular formula is C12H17ClN2. The summed E-state index contributed by atoms with van der Waals surface area (Å²) in [5, 5.41) is 3.40. The van der Waals surface area contributed by atoms with Gasteiger partial charge in [-0.25, -0.2) is 0 Å². The van der Waals surface area contributed by atoms with Crippen molar-refractivity contribution in [1.82, 2.24) is 10.3 Å². The number of pyridine rings is 1. The van der Waals surface area contributed by atoms with Crippen LogP contribution >= 0.6 is 12.4 Å². The molecule has 2 heterocycles. The minimum absolute atomic E-state index is 0. The van der Waals surface area contributed by atoms with Crippen LogP contribution in [0.4, 0.5) is 0 Å². The summed E-state index contributed by atoms with van der Waals surface area (Å²) in [5.41, 5.74) is 7.29. The first-order chi connectivity index (χ1) is 6.86. The molecule has 0 amide bonds. The standard InChI is InChI=1S/C12H16N2.ClH/c1-8-9-4-2-3-5-10(9)11-6-13-7-12(11)14-8;/h13H,2-7H2,1H3;1H. The van der Waals surface area contributed by atoms with Crippen molar-refractivity contribution in [1.29, 1.82) is 0 Å². The predicted molar refractivity (Wildman–Crippen MR) is 63.4 cm³/mol. The van der Waals surface area contributed by atoms with Crippen LogP contribution in [0.15, 0.2) is 0 Å². The molecule has 0 atom stereocenters. The molecule has 0 spiro atoms. The van der Waals surface area contributed by atoms with Gasteiger partial charge in [0.05, 0.1) is 5.69 Å². The van der Waals surface area contributed by atoms with Crippen LogP contribution < -0.4 is 5.32 Å². The van der Waals surface area contributed by atoms with Crippen molar-refractivity contribution >= 4 is 12.4 Å². The Kier molecular flexibility index (Phi) is 2.98. The Hall–Kier alpha value is -0.600. The molecule has 0 saturated carbocycles. The minimum atomic E-state index is 0. The number of fused-ring (bicyclic) bond motifs is 3. The maximum Gasteiger partial charge on any atom is 0.0592 e. The topological polar surface area (TPSA) is 24.9 Å². The fourth-order valence-corrected chi connectivity index (χ4v) is 2.81. The molecule has 1 aromatic rings. The van der Waals surface area contributed by atoms with Gasteiger partial charge in [0.25, 0.3) is 0 Å². The molecule has 1 aromatic heterocycles. The lowest BCUT2D eigenvalue weighted by atomic mass is 9.87. The molecule has 0 bridgehead atoms. The van der Waals surface area contributed by atoms with Gasteiger partial charge in [-0.15, -0.1) is 12.4 Å². The second-order valence-electron chi connectivity index (χ2n) is 4.39. The number of hydrogen-bond donors (Lipinski definition) is 1. The summed E-state index contributed by atoms with van der Waals surface area (Å²) >= 11 is 0. The lowest BCUT2D eigenvalue weighted by molar-refractivity contribution is 0.669. The van der Waals surface area contributed by atoms with Gasteiger partial charge in [-0.2, -0.15) is 0 Å². The molecule has 2 nitrogen and oxygen atoms in total. The second-order valence-corrected chi connectivity index (χ2v) is 4.39. The summed E-state index contributed by atoms with van der Waals surface area (Å²) in [6.07, 6.45) is 5.24. The molecule has 0 saturated heterocycles. The number of aryl methyl sites for hydroxylation is 1. The van der Waals surface area contributed by atoms with Crippen molar-refractivity contribution in [3.05, 3.63) is 28.1 Å². The zero-order valence-corrected chi connectivity index (χ0v) is 9.91. The first-order valence-corrected chi connectivity index (χ1v) is 5.57. The highest BCUT2D eigenvalue weighted by Crippen LogP contribution is 2.30. The molecule has 1 aliphatic carbocycles. The molecule has 2 aliphatic rings. The van der Waals surface area contributed by atoms with E-state index in [0.29, 0.717) is 0 Å². The van der Waals surface area contributed by atoms with Gasteiger partial charge in [-0.3, -0.25) is 4.98 Å². The average Bonchev–Trinajstić information content (AvgIpc) is 2.66. The Labute approximate surface area is 96.9 Å². The van der Waals surface area contributed by atoms with E-state index in [-0.39, 0.29) is 12.4 Å². The molecule has 0 unspecified atom stereocenters. The van der Waals surface area contributed by atoms with Gasteiger partial charge >= 0.3 is 0 Å². The maximum absolute atomic E-state index is 4.70. The molecule has 0 radical (unpaired) electrons. The van der Waals surface area contributed by atoms with Crippen LogP contribution in [-0.4, -0.2) is 4.98 Å². The van der Waals surface area contributed by atoms with Crippen LogP contribution in [0.2, 0.25) is 0 Å². The molecule has 82 valence electrons. The molecular weight excluding hydrogens is 208 g/mol. The number of hydrogen-bond acceptors (Lipinski definition) is 2. The molecule has 0 aromatic carbocycles. The van der Waals surface area contributed by atoms with E-state index >= 15 is 0 Å². The molecule has 3 heteroatoms. The summed E-state index contributed by atoms with van der Waals surface area (Å²) < 4.78 is 0. The third-order valence-corrected chi connectivity index (χ3v) is 3.51. The normalized spacial score (nSPS) is 17.9. The van der Waals surface area contributed by atoms with E-state index in [1.54, 1.807) is 11.1 Å². The SMILES string of the molecule is Cc1nc2c(c3c1CCCC3)CNC2.Cl. The van der Waals surface area contributed by atoms with E-state index in [4.69, 9.17) is 4.98 Å². The number of halogens is 1. The first-order valence-electron chi connectivity index (χ1n) is 5.57. The third kappa shape index (κ3) is 1.66. The highest BCUT2D eigenvalue weighted by molar-refractivity contribution is 5.85. The van der Waals surface area contributed by atoms with Crippen molar-refractivity contribution in [2.24, 2.45) is 0 Å². The highest BCUT2D eigenvalue weighted by Gasteiger charge is 2.22. The Balaban J connectivity index is 0.000000853. The van der Waals surface area contributed by atoms with Crippen LogP contribution in [0.1, 0.15) is 40.9 Å². The van der Waals surface area contributed by atoms with Crippen molar-refractivity contribution in [2.75, 3.05) is 0 Å². The van der Waals surface area contributed by atoms with Crippen LogP contribution in [-0.2, 0) is 25.9 Å². The Morgan fingerprint density at radius 1 is 1.00 bits per heavy atom. The fourth-order valence-electron chi connectivity index (χ4n) is 2.81. The van der Waals surface area contributed by atoms with Gasteiger partial charge in [-0.05, 0) is 49.3 Å². The lowest BCUT2D eigenvalue weighted by Crippen LogP contribution is -2.11. The largest absolute Gasteiger partial charge is 0.307 e. The fraction of sp³-hybridized carbons (Fsp3) is 0.583. The van der Waals surface area contributed by atoms with E-state index in [1.165, 1.54) is 42.6 Å². The number of nitrogens with zero attached hydrogens (tertiary/aromatic N) is 1. The zero-order valence-electron chi connectivity index (χ0n) is 9.10. The molecule has 1 aliphatic heterocycles. The highest BCUT2D eigenvalue weighted by atomic mass is 35.5. The van der Waals surface area contributed by atoms with E-state index in [0.717, 1.165) is 13.1 Å². The Morgan fingerprint density at radius 3 is 2.53 bits per heavy atom. The molecule has 15 heavy (non-hydrogen) atoms. The van der Waals surface area contributed by atoms with Gasteiger partial charge in [0.15, 0.2) is 0 Å². The maximum atomic E-state index is 4.70. The second kappa shape index (κ2) is 4.11. The van der Waals surface area contributed by atoms with Crippen molar-refractivity contribution < 1.29 is 0 Å². The van der Waals surface area contributed by atoms with E-state index in [2.05, 4.69) is 12.2 Å². The van der Waals surface area contributed by atoms with Gasteiger partial charge in [0, 0.05) is 18.8 Å². The summed E-state index contributed by atoms with van der Waals surface area (Å²) in [5.74, 6) is 0. The quantitative estimate of drug-likeness (QED) is 0.732. The summed E-state index contributed by atoms with van der Waals surface area (Å²) in [6, 6.07) is 0. The van der Waals surface area contributed by atoms with Crippen molar-refractivity contribution in [3.8, 4) is 0 Å². The van der Waals surface area contributed by atoms with E-state index in [9.17, 15) is 0 Å². The Morgan fingerprint density at radius 2 is 1.73 bits per heavy atom. The third-order valence-electron chi connectivity index (χ3n) is 3.51. The monoisotopic (exact) mass is 224 g/mol. The van der Waals surface area contributed by atoms with Gasteiger partial charge in [-0.1, -0.05) is 0 Å². The van der Waals surface area contributed by atoms with Crippen LogP contribution in [0.3, 0.4) is 0 Å². The predicted octanol–water partition coefficient (Wildman–Crippen LogP) is 2.29.